The van der Waals surface area contributed by atoms with Gasteiger partial charge >= 0.3 is 21.1 Å². The van der Waals surface area contributed by atoms with Crippen LogP contribution in [0.25, 0.3) is 0 Å². The molecule has 1 saturated carbocycles. The molecule has 0 aromatic heterocycles. The van der Waals surface area contributed by atoms with Gasteiger partial charge in [0, 0.05) is 29.9 Å². The fourth-order valence-corrected chi connectivity index (χ4v) is 1.89. The van der Waals surface area contributed by atoms with Crippen molar-refractivity contribution in [2.75, 3.05) is 6.54 Å². The van der Waals surface area contributed by atoms with Crippen LogP contribution in [0.4, 0.5) is 0 Å². The van der Waals surface area contributed by atoms with E-state index in [1.165, 1.54) is 12.8 Å². The molecule has 1 rings (SSSR count). The van der Waals surface area contributed by atoms with Crippen LogP contribution in [-0.4, -0.2) is 30.6 Å². The van der Waals surface area contributed by atoms with Crippen molar-refractivity contribution in [2.45, 2.75) is 50.6 Å². The third kappa shape index (κ3) is 10.3. The van der Waals surface area contributed by atoms with Crippen molar-refractivity contribution in [3.8, 4) is 0 Å². The molecule has 0 saturated heterocycles. The minimum atomic E-state index is -1.40. The summed E-state index contributed by atoms with van der Waals surface area (Å²) in [7, 11) is 0. The van der Waals surface area contributed by atoms with Gasteiger partial charge in [0.1, 0.15) is 0 Å². The molecule has 0 amide bonds. The Hall–Kier alpha value is -0.492. The smallest absolute Gasteiger partial charge is 0.550 e. The number of aliphatic carboxylic acids is 2. The van der Waals surface area contributed by atoms with Crippen LogP contribution in [0.2, 0.25) is 0 Å². The van der Waals surface area contributed by atoms with E-state index in [4.69, 9.17) is 17.2 Å². The summed E-state index contributed by atoms with van der Waals surface area (Å²) in [6.07, 6.45) is 4.38. The van der Waals surface area contributed by atoms with Gasteiger partial charge in [-0.2, -0.15) is 0 Å². The van der Waals surface area contributed by atoms with Gasteiger partial charge in [0.25, 0.3) is 0 Å². The van der Waals surface area contributed by atoms with Crippen molar-refractivity contribution in [1.29, 1.82) is 0 Å². The Morgan fingerprint density at radius 2 is 1.55 bits per heavy atom. The van der Waals surface area contributed by atoms with Crippen molar-refractivity contribution < 1.29 is 40.9 Å². The summed E-state index contributed by atoms with van der Waals surface area (Å²) < 4.78 is 0. The van der Waals surface area contributed by atoms with E-state index in [1.807, 2.05) is 0 Å². The van der Waals surface area contributed by atoms with Crippen molar-refractivity contribution >= 4 is 11.9 Å². The quantitative estimate of drug-likeness (QED) is 0.389. The van der Waals surface area contributed by atoms with Gasteiger partial charge in [-0.25, -0.2) is 0 Å². The number of hydrogen-bond acceptors (Lipinski definition) is 7. The molecule has 3 unspecified atom stereocenters. The zero-order chi connectivity index (χ0) is 14.8. The van der Waals surface area contributed by atoms with E-state index in [-0.39, 0.29) is 46.1 Å². The molecule has 120 valence electrons. The van der Waals surface area contributed by atoms with Gasteiger partial charge in [0.2, 0.25) is 0 Å². The predicted molar refractivity (Wildman–Crippen MR) is 66.2 cm³/mol. The van der Waals surface area contributed by atoms with E-state index in [0.717, 1.165) is 12.8 Å². The molecule has 20 heavy (non-hydrogen) atoms. The first kappa shape index (κ1) is 21.8. The second kappa shape index (κ2) is 12.3. The van der Waals surface area contributed by atoms with Gasteiger partial charge < -0.3 is 37.0 Å². The molecule has 6 N–H and O–H groups in total. The molecule has 0 bridgehead atoms. The topological polar surface area (TPSA) is 158 Å². The van der Waals surface area contributed by atoms with Crippen molar-refractivity contribution in [3.05, 3.63) is 0 Å². The molecule has 0 aliphatic heterocycles. The number of nitrogens with two attached hydrogens (primary N) is 3. The monoisotopic (exact) mass is 468 g/mol. The van der Waals surface area contributed by atoms with E-state index in [9.17, 15) is 19.8 Å². The second-order valence-corrected chi connectivity index (χ2v) is 4.78. The standard InChI is InChI=1S/C6H14N2.C6H11NO4.Pt/c7-5-3-1-2-4-6(5)8;7-2-1-4(6(10)11)3-5(8)9;/h5-6H,1-4,7-8H2;4H,1-3,7H2,(H,8,9)(H,10,11);/q;;+2/p-2. The fraction of sp³-hybridized carbons (Fsp3) is 0.833. The van der Waals surface area contributed by atoms with E-state index in [0.29, 0.717) is 0 Å². The van der Waals surface area contributed by atoms with E-state index in [2.05, 4.69) is 0 Å². The average molecular weight is 468 g/mol. The minimum Gasteiger partial charge on any atom is -0.550 e. The molecule has 1 aliphatic rings. The molecule has 0 aromatic carbocycles. The maximum Gasteiger partial charge on any atom is 2.00 e. The zero-order valence-corrected chi connectivity index (χ0v) is 13.6. The normalized spacial score (nSPS) is 22.8. The SMILES string of the molecule is NC1CCCCC1N.NCCC(CC(=O)[O-])C(=O)[O-].[Pt+2]. The maximum atomic E-state index is 10.2. The van der Waals surface area contributed by atoms with E-state index in [1.54, 1.807) is 0 Å². The average Bonchev–Trinajstić information content (AvgIpc) is 2.33. The van der Waals surface area contributed by atoms with E-state index < -0.39 is 24.3 Å². The van der Waals surface area contributed by atoms with Crippen LogP contribution in [0.3, 0.4) is 0 Å². The molecule has 0 aromatic rings. The summed E-state index contributed by atoms with van der Waals surface area (Å²) in [5.74, 6) is -3.81. The number of carbonyl (C=O) groups is 2. The van der Waals surface area contributed by atoms with Crippen LogP contribution in [0, 0.1) is 5.92 Å². The summed E-state index contributed by atoms with van der Waals surface area (Å²) in [6.45, 7) is 0.131. The van der Waals surface area contributed by atoms with Gasteiger partial charge in [0.05, 0.1) is 0 Å². The zero-order valence-electron chi connectivity index (χ0n) is 11.4. The minimum absolute atomic E-state index is 0. The third-order valence-corrected chi connectivity index (χ3v) is 3.14. The van der Waals surface area contributed by atoms with E-state index >= 15 is 0 Å². The van der Waals surface area contributed by atoms with Crippen LogP contribution in [-0.2, 0) is 30.7 Å². The molecular weight excluding hydrogens is 445 g/mol. The van der Waals surface area contributed by atoms with Crippen LogP contribution in [0.1, 0.15) is 38.5 Å². The Morgan fingerprint density at radius 3 is 1.80 bits per heavy atom. The predicted octanol–water partition coefficient (Wildman–Crippen LogP) is -2.95. The van der Waals surface area contributed by atoms with Crippen LogP contribution in [0.15, 0.2) is 0 Å². The number of hydrogen-bond donors (Lipinski definition) is 3. The summed E-state index contributed by atoms with van der Waals surface area (Å²) in [6, 6.07) is 0.562. The van der Waals surface area contributed by atoms with Crippen molar-refractivity contribution in [1.82, 2.24) is 0 Å². The molecule has 0 radical (unpaired) electrons. The third-order valence-electron chi connectivity index (χ3n) is 3.14. The number of carboxylic acids is 2. The molecule has 8 heteroatoms. The molecule has 3 atom stereocenters. The van der Waals surface area contributed by atoms with Crippen molar-refractivity contribution in [3.63, 3.8) is 0 Å². The van der Waals surface area contributed by atoms with Crippen LogP contribution in [0.5, 0.6) is 0 Å². The first-order chi connectivity index (χ1) is 8.88. The summed E-state index contributed by atoms with van der Waals surface area (Å²) in [4.78, 5) is 20.1. The summed E-state index contributed by atoms with van der Waals surface area (Å²) in [5.41, 5.74) is 16.3. The van der Waals surface area contributed by atoms with Crippen LogP contribution >= 0.6 is 0 Å². The fourth-order valence-electron chi connectivity index (χ4n) is 1.89. The number of carboxylic acid groups (broad SMARTS) is 2. The molecule has 0 spiro atoms. The maximum absolute atomic E-state index is 10.2. The Kier molecular flexibility index (Phi) is 13.4. The molecular formula is C12H23N3O4Pt. The largest absolute Gasteiger partial charge is 2.00 e. The Bertz CT molecular complexity index is 282. The Morgan fingerprint density at radius 1 is 1.10 bits per heavy atom. The van der Waals surface area contributed by atoms with Gasteiger partial charge in [-0.05, 0) is 32.2 Å². The molecule has 1 aliphatic carbocycles. The van der Waals surface area contributed by atoms with Crippen molar-refractivity contribution in [2.24, 2.45) is 23.1 Å². The van der Waals surface area contributed by atoms with Gasteiger partial charge in [-0.15, -0.1) is 0 Å². The number of rotatable bonds is 5. The molecule has 0 heterocycles. The Labute approximate surface area is 133 Å². The number of carbonyl (C=O) groups excluding carboxylic acids is 2. The first-order valence-corrected chi connectivity index (χ1v) is 6.50. The van der Waals surface area contributed by atoms with Gasteiger partial charge in [0.15, 0.2) is 0 Å². The molecule has 7 nitrogen and oxygen atoms in total. The van der Waals surface area contributed by atoms with Gasteiger partial charge in [-0.3, -0.25) is 0 Å². The van der Waals surface area contributed by atoms with Gasteiger partial charge in [-0.1, -0.05) is 12.8 Å². The summed E-state index contributed by atoms with van der Waals surface area (Å²) in [5, 5.41) is 20.1. The first-order valence-electron chi connectivity index (χ1n) is 6.50. The Balaban J connectivity index is 0. The molecule has 1 fully saturated rings. The second-order valence-electron chi connectivity index (χ2n) is 4.78. The van der Waals surface area contributed by atoms with Crippen LogP contribution < -0.4 is 27.4 Å². The summed E-state index contributed by atoms with van der Waals surface area (Å²) >= 11 is 0.